The minimum atomic E-state index is -1.07. The van der Waals surface area contributed by atoms with Crippen LogP contribution in [0.4, 0.5) is 10.1 Å². The highest BCUT2D eigenvalue weighted by molar-refractivity contribution is 5.97. The minimum Gasteiger partial charge on any atom is -0.492 e. The Morgan fingerprint density at radius 3 is 2.67 bits per heavy atom. The topological polar surface area (TPSA) is 96.5 Å². The van der Waals surface area contributed by atoms with Crippen molar-refractivity contribution in [3.8, 4) is 11.4 Å². The molecule has 0 saturated carbocycles. The highest BCUT2D eigenvalue weighted by Gasteiger charge is 2.32. The maximum atomic E-state index is 14.4. The molecule has 110 valence electrons. The summed E-state index contributed by atoms with van der Waals surface area (Å²) < 4.78 is 24.8. The first-order valence-electron chi connectivity index (χ1n) is 5.64. The fourth-order valence-corrected chi connectivity index (χ4v) is 1.82. The molecule has 0 atom stereocenters. The van der Waals surface area contributed by atoms with Gasteiger partial charge in [0.15, 0.2) is 17.1 Å². The van der Waals surface area contributed by atoms with Crippen molar-refractivity contribution < 1.29 is 23.6 Å². The van der Waals surface area contributed by atoms with Crippen molar-refractivity contribution >= 4 is 11.7 Å². The van der Waals surface area contributed by atoms with Crippen LogP contribution in [-0.4, -0.2) is 34.9 Å². The summed E-state index contributed by atoms with van der Waals surface area (Å²) >= 11 is 0. The first-order chi connectivity index (χ1) is 10.0. The smallest absolute Gasteiger partial charge is 0.348 e. The summed E-state index contributed by atoms with van der Waals surface area (Å²) in [4.78, 5) is 22.0. The first-order valence-corrected chi connectivity index (χ1v) is 5.64. The summed E-state index contributed by atoms with van der Waals surface area (Å²) in [6.07, 6.45) is 2.78. The molecule has 0 aliphatic heterocycles. The number of ether oxygens (including phenoxy) is 2. The van der Waals surface area contributed by atoms with Gasteiger partial charge in [-0.25, -0.2) is 13.9 Å². The minimum absolute atomic E-state index is 0.212. The molecule has 1 aromatic carbocycles. The lowest BCUT2D eigenvalue weighted by atomic mass is 10.1. The summed E-state index contributed by atoms with van der Waals surface area (Å²) in [6, 6.07) is 2.42. The Morgan fingerprint density at radius 1 is 1.48 bits per heavy atom. The molecular weight excluding hydrogens is 285 g/mol. The SMILES string of the molecule is COC(=O)c1c([N+](=O)[O-])cc(-n2cccn2)c(F)c1OC. The zero-order valence-electron chi connectivity index (χ0n) is 11.1. The molecule has 2 aromatic rings. The molecule has 9 heteroatoms. The number of halogens is 1. The quantitative estimate of drug-likeness (QED) is 0.484. The van der Waals surface area contributed by atoms with Gasteiger partial charge in [-0.2, -0.15) is 5.10 Å². The second-order valence-corrected chi connectivity index (χ2v) is 3.84. The maximum absolute atomic E-state index is 14.4. The Labute approximate surface area is 117 Å². The van der Waals surface area contributed by atoms with E-state index in [9.17, 15) is 19.3 Å². The van der Waals surface area contributed by atoms with Crippen LogP contribution in [0.1, 0.15) is 10.4 Å². The number of esters is 1. The number of aromatic nitrogens is 2. The summed E-state index contributed by atoms with van der Waals surface area (Å²) in [5, 5.41) is 14.9. The van der Waals surface area contributed by atoms with Gasteiger partial charge in [-0.15, -0.1) is 0 Å². The average molecular weight is 295 g/mol. The largest absolute Gasteiger partial charge is 0.492 e. The molecule has 0 aliphatic carbocycles. The lowest BCUT2D eigenvalue weighted by Gasteiger charge is -2.12. The second kappa shape index (κ2) is 5.57. The maximum Gasteiger partial charge on any atom is 0.348 e. The number of hydrogen-bond donors (Lipinski definition) is 0. The fourth-order valence-electron chi connectivity index (χ4n) is 1.82. The summed E-state index contributed by atoms with van der Waals surface area (Å²) in [5.41, 5.74) is -1.43. The van der Waals surface area contributed by atoms with E-state index in [2.05, 4.69) is 9.84 Å². The Morgan fingerprint density at radius 2 is 2.19 bits per heavy atom. The van der Waals surface area contributed by atoms with E-state index in [1.54, 1.807) is 0 Å². The number of nitro groups is 1. The summed E-state index contributed by atoms with van der Waals surface area (Å²) in [7, 11) is 2.13. The molecule has 0 saturated heterocycles. The Hall–Kier alpha value is -2.97. The Bertz CT molecular complexity index is 699. The molecule has 0 fully saturated rings. The average Bonchev–Trinajstić information content (AvgIpc) is 2.99. The molecular formula is C12H10FN3O5. The van der Waals surface area contributed by atoms with Crippen molar-refractivity contribution in [1.82, 2.24) is 9.78 Å². The second-order valence-electron chi connectivity index (χ2n) is 3.84. The van der Waals surface area contributed by atoms with Crippen molar-refractivity contribution in [3.05, 3.63) is 46.0 Å². The van der Waals surface area contributed by atoms with E-state index in [1.807, 2.05) is 0 Å². The van der Waals surface area contributed by atoms with Crippen molar-refractivity contribution in [1.29, 1.82) is 0 Å². The molecule has 2 rings (SSSR count). The molecule has 0 N–H and O–H groups in total. The van der Waals surface area contributed by atoms with Crippen LogP contribution < -0.4 is 4.74 Å². The number of rotatable bonds is 4. The number of carbonyl (C=O) groups excluding carboxylic acids is 1. The van der Waals surface area contributed by atoms with Crippen molar-refractivity contribution in [2.45, 2.75) is 0 Å². The van der Waals surface area contributed by atoms with E-state index < -0.39 is 33.7 Å². The molecule has 1 heterocycles. The van der Waals surface area contributed by atoms with Crippen LogP contribution >= 0.6 is 0 Å². The van der Waals surface area contributed by atoms with E-state index >= 15 is 0 Å². The van der Waals surface area contributed by atoms with Crippen LogP contribution in [0.2, 0.25) is 0 Å². The van der Waals surface area contributed by atoms with Crippen LogP contribution in [-0.2, 0) is 4.74 Å². The highest BCUT2D eigenvalue weighted by Crippen LogP contribution is 2.35. The van der Waals surface area contributed by atoms with Gasteiger partial charge < -0.3 is 9.47 Å². The summed E-state index contributed by atoms with van der Waals surface area (Å²) in [5.74, 6) is -2.58. The number of carbonyl (C=O) groups is 1. The van der Waals surface area contributed by atoms with E-state index in [0.29, 0.717) is 0 Å². The molecule has 0 spiro atoms. The van der Waals surface area contributed by atoms with Crippen molar-refractivity contribution in [2.75, 3.05) is 14.2 Å². The number of nitrogens with zero attached hydrogens (tertiary/aromatic N) is 3. The predicted molar refractivity (Wildman–Crippen MR) is 68.1 cm³/mol. The molecule has 0 aliphatic rings. The van der Waals surface area contributed by atoms with Gasteiger partial charge in [-0.3, -0.25) is 10.1 Å². The third-order valence-corrected chi connectivity index (χ3v) is 2.72. The monoisotopic (exact) mass is 295 g/mol. The summed E-state index contributed by atoms with van der Waals surface area (Å²) in [6.45, 7) is 0. The van der Waals surface area contributed by atoms with Gasteiger partial charge in [-0.05, 0) is 6.07 Å². The first kappa shape index (κ1) is 14.4. The molecule has 0 amide bonds. The number of benzene rings is 1. The van der Waals surface area contributed by atoms with E-state index in [1.165, 1.54) is 18.5 Å². The number of nitro benzene ring substituents is 1. The molecule has 8 nitrogen and oxygen atoms in total. The molecule has 0 unspecified atom stereocenters. The van der Waals surface area contributed by atoms with E-state index in [4.69, 9.17) is 4.74 Å². The Kier molecular flexibility index (Phi) is 3.83. The van der Waals surface area contributed by atoms with Crippen LogP contribution in [0.15, 0.2) is 24.5 Å². The molecule has 1 aromatic heterocycles. The van der Waals surface area contributed by atoms with Crippen molar-refractivity contribution in [3.63, 3.8) is 0 Å². The third kappa shape index (κ3) is 2.40. The molecule has 0 radical (unpaired) electrons. The zero-order chi connectivity index (χ0) is 15.6. The van der Waals surface area contributed by atoms with Crippen LogP contribution in [0, 0.1) is 15.9 Å². The van der Waals surface area contributed by atoms with Gasteiger partial charge in [0, 0.05) is 18.5 Å². The lowest BCUT2D eigenvalue weighted by Crippen LogP contribution is -2.12. The lowest BCUT2D eigenvalue weighted by molar-refractivity contribution is -0.385. The Balaban J connectivity index is 2.82. The van der Waals surface area contributed by atoms with Gasteiger partial charge in [0.2, 0.25) is 0 Å². The molecule has 0 bridgehead atoms. The van der Waals surface area contributed by atoms with Crippen LogP contribution in [0.25, 0.3) is 5.69 Å². The number of hydrogen-bond acceptors (Lipinski definition) is 6. The van der Waals surface area contributed by atoms with Crippen LogP contribution in [0.5, 0.6) is 5.75 Å². The zero-order valence-corrected chi connectivity index (χ0v) is 11.1. The predicted octanol–water partition coefficient (Wildman–Crippen LogP) is 1.71. The van der Waals surface area contributed by atoms with Gasteiger partial charge in [0.05, 0.1) is 19.1 Å². The normalized spacial score (nSPS) is 10.2. The number of methoxy groups -OCH3 is 2. The fraction of sp³-hybridized carbons (Fsp3) is 0.167. The van der Waals surface area contributed by atoms with Gasteiger partial charge in [0.25, 0.3) is 5.69 Å². The highest BCUT2D eigenvalue weighted by atomic mass is 19.1. The van der Waals surface area contributed by atoms with Crippen LogP contribution in [0.3, 0.4) is 0 Å². The van der Waals surface area contributed by atoms with Gasteiger partial charge in [-0.1, -0.05) is 0 Å². The molecule has 21 heavy (non-hydrogen) atoms. The van der Waals surface area contributed by atoms with Gasteiger partial charge in [0.1, 0.15) is 5.69 Å². The third-order valence-electron chi connectivity index (χ3n) is 2.72. The van der Waals surface area contributed by atoms with E-state index in [0.717, 1.165) is 25.0 Å². The van der Waals surface area contributed by atoms with Crippen molar-refractivity contribution in [2.24, 2.45) is 0 Å². The van der Waals surface area contributed by atoms with E-state index in [-0.39, 0.29) is 5.69 Å². The standard InChI is InChI=1S/C12H10FN3O5/c1-20-11-9(12(17)21-2)7(16(18)19)6-8(10(11)13)15-5-3-4-14-15/h3-6H,1-2H3. The van der Waals surface area contributed by atoms with Gasteiger partial charge >= 0.3 is 5.97 Å².